The smallest absolute Gasteiger partial charge is 0.0710 e. The quantitative estimate of drug-likeness (QED) is 0.534. The third-order valence-electron chi connectivity index (χ3n) is 3.09. The van der Waals surface area contributed by atoms with Gasteiger partial charge in [-0.15, -0.1) is 0 Å². The lowest BCUT2D eigenvalue weighted by Gasteiger charge is -2.30. The van der Waals surface area contributed by atoms with Gasteiger partial charge in [-0.25, -0.2) is 0 Å². The normalized spacial score (nSPS) is 48.0. The van der Waals surface area contributed by atoms with Gasteiger partial charge in [0.2, 0.25) is 0 Å². The maximum Gasteiger partial charge on any atom is 0.0710 e. The molecule has 2 heteroatoms. The zero-order valence-corrected chi connectivity index (χ0v) is 6.45. The first-order chi connectivity index (χ1) is 4.79. The highest BCUT2D eigenvalue weighted by molar-refractivity contribution is 4.95. The van der Waals surface area contributed by atoms with E-state index in [-0.39, 0.29) is 6.10 Å². The van der Waals surface area contributed by atoms with Crippen LogP contribution in [0.3, 0.4) is 0 Å². The van der Waals surface area contributed by atoms with Crippen molar-refractivity contribution in [3.8, 4) is 0 Å². The van der Waals surface area contributed by atoms with Crippen molar-refractivity contribution in [3.05, 3.63) is 0 Å². The van der Waals surface area contributed by atoms with Crippen molar-refractivity contribution in [2.24, 2.45) is 0 Å². The summed E-state index contributed by atoms with van der Waals surface area (Å²) in [5.41, 5.74) is 0. The standard InChI is InChI=1S/C8H15NO/c1-9-6-3-2-4-7(9)8(10)5-6/h6-8,10H,2-5H2,1H3/t6?,7?,8-/m0/s1. The van der Waals surface area contributed by atoms with E-state index in [1.54, 1.807) is 0 Å². The molecule has 2 aliphatic rings. The van der Waals surface area contributed by atoms with Crippen LogP contribution in [-0.4, -0.2) is 35.2 Å². The molecule has 0 aromatic carbocycles. The predicted molar refractivity (Wildman–Crippen MR) is 39.8 cm³/mol. The average Bonchev–Trinajstić information content (AvgIpc) is 2.16. The van der Waals surface area contributed by atoms with Gasteiger partial charge in [-0.3, -0.25) is 4.90 Å². The van der Waals surface area contributed by atoms with Crippen molar-refractivity contribution in [1.82, 2.24) is 4.90 Å². The minimum Gasteiger partial charge on any atom is -0.391 e. The second kappa shape index (κ2) is 2.21. The zero-order chi connectivity index (χ0) is 7.14. The van der Waals surface area contributed by atoms with Gasteiger partial charge < -0.3 is 5.11 Å². The summed E-state index contributed by atoms with van der Waals surface area (Å²) in [4.78, 5) is 2.36. The molecule has 2 unspecified atom stereocenters. The molecule has 0 aromatic rings. The van der Waals surface area contributed by atoms with Gasteiger partial charge in [-0.05, 0) is 26.3 Å². The molecule has 1 N–H and O–H groups in total. The van der Waals surface area contributed by atoms with Gasteiger partial charge in [0.1, 0.15) is 0 Å². The number of piperidine rings is 1. The third-order valence-corrected chi connectivity index (χ3v) is 3.09. The highest BCUT2D eigenvalue weighted by Gasteiger charge is 2.40. The van der Waals surface area contributed by atoms with E-state index in [0.29, 0.717) is 12.1 Å². The Labute approximate surface area is 61.8 Å². The van der Waals surface area contributed by atoms with Crippen molar-refractivity contribution in [2.45, 2.75) is 43.9 Å². The van der Waals surface area contributed by atoms with E-state index in [0.717, 1.165) is 6.42 Å². The summed E-state index contributed by atoms with van der Waals surface area (Å²) in [5.74, 6) is 0. The highest BCUT2D eigenvalue weighted by atomic mass is 16.3. The zero-order valence-electron chi connectivity index (χ0n) is 6.45. The monoisotopic (exact) mass is 141 g/mol. The van der Waals surface area contributed by atoms with Gasteiger partial charge in [0.25, 0.3) is 0 Å². The van der Waals surface area contributed by atoms with Crippen molar-refractivity contribution in [1.29, 1.82) is 0 Å². The lowest BCUT2D eigenvalue weighted by atomic mass is 10.0. The largest absolute Gasteiger partial charge is 0.391 e. The van der Waals surface area contributed by atoms with Crippen LogP contribution >= 0.6 is 0 Å². The summed E-state index contributed by atoms with van der Waals surface area (Å²) in [6.45, 7) is 0. The summed E-state index contributed by atoms with van der Waals surface area (Å²) in [6, 6.07) is 1.17. The number of fused-ring (bicyclic) bond motifs is 2. The van der Waals surface area contributed by atoms with Gasteiger partial charge in [-0.1, -0.05) is 6.42 Å². The third kappa shape index (κ3) is 0.789. The van der Waals surface area contributed by atoms with Gasteiger partial charge >= 0.3 is 0 Å². The van der Waals surface area contributed by atoms with Gasteiger partial charge in [0.15, 0.2) is 0 Å². The van der Waals surface area contributed by atoms with Crippen molar-refractivity contribution in [2.75, 3.05) is 7.05 Å². The van der Waals surface area contributed by atoms with Crippen LogP contribution in [-0.2, 0) is 0 Å². The molecule has 2 nitrogen and oxygen atoms in total. The second-order valence-electron chi connectivity index (χ2n) is 3.62. The van der Waals surface area contributed by atoms with Gasteiger partial charge in [-0.2, -0.15) is 0 Å². The van der Waals surface area contributed by atoms with Crippen LogP contribution in [0.5, 0.6) is 0 Å². The minimum atomic E-state index is -0.0301. The summed E-state index contributed by atoms with van der Waals surface area (Å²) < 4.78 is 0. The first-order valence-electron chi connectivity index (χ1n) is 4.19. The summed E-state index contributed by atoms with van der Waals surface area (Å²) in [6.07, 6.45) is 4.80. The van der Waals surface area contributed by atoms with Crippen LogP contribution in [0.1, 0.15) is 25.7 Å². The number of hydrogen-bond acceptors (Lipinski definition) is 2. The maximum absolute atomic E-state index is 9.53. The molecule has 10 heavy (non-hydrogen) atoms. The fraction of sp³-hybridized carbons (Fsp3) is 1.00. The van der Waals surface area contributed by atoms with E-state index < -0.39 is 0 Å². The molecule has 2 aliphatic heterocycles. The number of rotatable bonds is 0. The molecule has 0 aliphatic carbocycles. The fourth-order valence-electron chi connectivity index (χ4n) is 2.42. The second-order valence-corrected chi connectivity index (χ2v) is 3.62. The average molecular weight is 141 g/mol. The summed E-state index contributed by atoms with van der Waals surface area (Å²) in [7, 11) is 2.14. The Morgan fingerprint density at radius 1 is 1.40 bits per heavy atom. The van der Waals surface area contributed by atoms with E-state index in [9.17, 15) is 5.11 Å². The SMILES string of the molecule is CN1C2CCCC1[C@@H](O)C2. The number of likely N-dealkylation sites (N-methyl/N-ethyl adjacent to an activating group) is 1. The highest BCUT2D eigenvalue weighted by Crippen LogP contribution is 2.33. The van der Waals surface area contributed by atoms with E-state index >= 15 is 0 Å². The Morgan fingerprint density at radius 2 is 2.20 bits per heavy atom. The van der Waals surface area contributed by atoms with Crippen molar-refractivity contribution in [3.63, 3.8) is 0 Å². The summed E-state index contributed by atoms with van der Waals surface area (Å²) in [5, 5.41) is 9.53. The summed E-state index contributed by atoms with van der Waals surface area (Å²) >= 11 is 0. The van der Waals surface area contributed by atoms with Crippen LogP contribution in [0.2, 0.25) is 0 Å². The number of hydrogen-bond donors (Lipinski definition) is 1. The van der Waals surface area contributed by atoms with E-state index in [1.165, 1.54) is 19.3 Å². The topological polar surface area (TPSA) is 23.5 Å². The van der Waals surface area contributed by atoms with Crippen LogP contribution in [0.4, 0.5) is 0 Å². The number of aliphatic hydroxyl groups is 1. The molecular formula is C8H15NO. The molecule has 0 amide bonds. The fourth-order valence-corrected chi connectivity index (χ4v) is 2.42. The van der Waals surface area contributed by atoms with E-state index in [2.05, 4.69) is 11.9 Å². The molecule has 0 radical (unpaired) electrons. The Bertz CT molecular complexity index is 137. The van der Waals surface area contributed by atoms with E-state index in [4.69, 9.17) is 0 Å². The molecular weight excluding hydrogens is 126 g/mol. The van der Waals surface area contributed by atoms with Crippen molar-refractivity contribution < 1.29 is 5.11 Å². The predicted octanol–water partition coefficient (Wildman–Crippen LogP) is 0.604. The first kappa shape index (κ1) is 6.62. The molecule has 2 saturated heterocycles. The molecule has 58 valence electrons. The number of nitrogens with zero attached hydrogens (tertiary/aromatic N) is 1. The Hall–Kier alpha value is -0.0800. The molecule has 0 saturated carbocycles. The molecule has 0 aromatic heterocycles. The van der Waals surface area contributed by atoms with E-state index in [1.807, 2.05) is 0 Å². The van der Waals surface area contributed by atoms with Crippen LogP contribution in [0, 0.1) is 0 Å². The van der Waals surface area contributed by atoms with Gasteiger partial charge in [0.05, 0.1) is 6.10 Å². The van der Waals surface area contributed by atoms with Gasteiger partial charge in [0, 0.05) is 12.1 Å². The molecule has 2 heterocycles. The van der Waals surface area contributed by atoms with Crippen LogP contribution < -0.4 is 0 Å². The molecule has 2 fully saturated rings. The molecule has 3 atom stereocenters. The molecule has 0 spiro atoms. The molecule has 2 bridgehead atoms. The minimum absolute atomic E-state index is 0.0301. The Kier molecular flexibility index (Phi) is 1.46. The Balaban J connectivity index is 2.14. The Morgan fingerprint density at radius 3 is 2.80 bits per heavy atom. The van der Waals surface area contributed by atoms with Crippen LogP contribution in [0.15, 0.2) is 0 Å². The molecule has 2 rings (SSSR count). The number of aliphatic hydroxyl groups excluding tert-OH is 1. The maximum atomic E-state index is 9.53. The van der Waals surface area contributed by atoms with Crippen molar-refractivity contribution >= 4 is 0 Å². The first-order valence-corrected chi connectivity index (χ1v) is 4.19. The lowest BCUT2D eigenvalue weighted by molar-refractivity contribution is 0.103. The van der Waals surface area contributed by atoms with Crippen LogP contribution in [0.25, 0.3) is 0 Å². The lowest BCUT2D eigenvalue weighted by Crippen LogP contribution is -2.38.